The molecule has 0 radical (unpaired) electrons. The molecule has 0 spiro atoms. The highest BCUT2D eigenvalue weighted by molar-refractivity contribution is 5.39. The lowest BCUT2D eigenvalue weighted by atomic mass is 10.1. The van der Waals surface area contributed by atoms with Crippen LogP contribution in [0.2, 0.25) is 0 Å². The molecule has 5 nitrogen and oxygen atoms in total. The first-order valence-electron chi connectivity index (χ1n) is 8.26. The van der Waals surface area contributed by atoms with Gasteiger partial charge in [-0.05, 0) is 30.0 Å². The van der Waals surface area contributed by atoms with Gasteiger partial charge in [-0.25, -0.2) is 0 Å². The van der Waals surface area contributed by atoms with Gasteiger partial charge in [0.05, 0.1) is 13.2 Å². The summed E-state index contributed by atoms with van der Waals surface area (Å²) in [5.41, 5.74) is 2.63. The topological polar surface area (TPSA) is 52.0 Å². The molecule has 5 heteroatoms. The van der Waals surface area contributed by atoms with Crippen LogP contribution in [0.15, 0.2) is 18.2 Å². The van der Waals surface area contributed by atoms with Crippen LogP contribution in [0.1, 0.15) is 42.0 Å². The van der Waals surface area contributed by atoms with E-state index in [1.54, 1.807) is 0 Å². The number of nitrogens with one attached hydrogen (secondary N) is 1. The summed E-state index contributed by atoms with van der Waals surface area (Å²) in [6, 6.07) is 6.48. The highest BCUT2D eigenvalue weighted by atomic mass is 16.5. The Morgan fingerprint density at radius 1 is 1.09 bits per heavy atom. The Hall–Kier alpha value is -1.88. The summed E-state index contributed by atoms with van der Waals surface area (Å²) in [5.74, 6) is 3.27. The van der Waals surface area contributed by atoms with Crippen molar-refractivity contribution in [3.8, 4) is 5.75 Å². The van der Waals surface area contributed by atoms with Gasteiger partial charge in [-0.2, -0.15) is 0 Å². The third-order valence-electron chi connectivity index (χ3n) is 4.55. The van der Waals surface area contributed by atoms with E-state index < -0.39 is 0 Å². The van der Waals surface area contributed by atoms with Gasteiger partial charge in [0.15, 0.2) is 0 Å². The van der Waals surface area contributed by atoms with E-state index in [9.17, 15) is 0 Å². The summed E-state index contributed by atoms with van der Waals surface area (Å²) in [6.07, 6.45) is 5.87. The number of aryl methyl sites for hydroxylation is 1. The van der Waals surface area contributed by atoms with Crippen molar-refractivity contribution in [2.24, 2.45) is 0 Å². The first-order chi connectivity index (χ1) is 10.9. The maximum atomic E-state index is 5.55. The van der Waals surface area contributed by atoms with Crippen LogP contribution in [0.4, 0.5) is 0 Å². The first kappa shape index (κ1) is 13.8. The van der Waals surface area contributed by atoms with Crippen molar-refractivity contribution in [3.63, 3.8) is 0 Å². The van der Waals surface area contributed by atoms with Crippen LogP contribution in [0.25, 0.3) is 0 Å². The molecule has 2 aromatic rings. The summed E-state index contributed by atoms with van der Waals surface area (Å²) in [6.45, 7) is 3.52. The van der Waals surface area contributed by atoms with E-state index in [4.69, 9.17) is 4.74 Å². The molecule has 1 aromatic carbocycles. The molecule has 0 fully saturated rings. The van der Waals surface area contributed by atoms with Crippen LogP contribution >= 0.6 is 0 Å². The molecular formula is C17H22N4O. The number of rotatable bonds is 4. The minimum absolute atomic E-state index is 0.778. The summed E-state index contributed by atoms with van der Waals surface area (Å²) in [4.78, 5) is 0. The molecule has 0 saturated carbocycles. The van der Waals surface area contributed by atoms with Crippen LogP contribution in [0, 0.1) is 0 Å². The molecule has 22 heavy (non-hydrogen) atoms. The molecule has 0 bridgehead atoms. The van der Waals surface area contributed by atoms with Gasteiger partial charge in [-0.3, -0.25) is 0 Å². The van der Waals surface area contributed by atoms with Crippen LogP contribution in [0.5, 0.6) is 5.75 Å². The van der Waals surface area contributed by atoms with Gasteiger partial charge in [0, 0.05) is 25.9 Å². The summed E-state index contributed by atoms with van der Waals surface area (Å²) < 4.78 is 7.85. The molecule has 0 atom stereocenters. The van der Waals surface area contributed by atoms with Gasteiger partial charge in [-0.1, -0.05) is 18.6 Å². The van der Waals surface area contributed by atoms with Crippen molar-refractivity contribution in [1.29, 1.82) is 0 Å². The monoisotopic (exact) mass is 298 g/mol. The molecule has 1 aromatic heterocycles. The Morgan fingerprint density at radius 2 is 2.09 bits per heavy atom. The molecule has 0 amide bonds. The molecule has 0 saturated heterocycles. The minimum atomic E-state index is 0.778. The fourth-order valence-corrected chi connectivity index (χ4v) is 3.34. The van der Waals surface area contributed by atoms with Crippen molar-refractivity contribution in [2.75, 3.05) is 6.61 Å². The van der Waals surface area contributed by atoms with Crippen molar-refractivity contribution >= 4 is 0 Å². The van der Waals surface area contributed by atoms with Crippen LogP contribution in [0.3, 0.4) is 0 Å². The van der Waals surface area contributed by atoms with E-state index in [2.05, 4.69) is 38.3 Å². The maximum absolute atomic E-state index is 5.55. The predicted octanol–water partition coefficient (Wildman–Crippen LogP) is 2.23. The molecule has 4 rings (SSSR count). The van der Waals surface area contributed by atoms with E-state index >= 15 is 0 Å². The molecule has 0 unspecified atom stereocenters. The van der Waals surface area contributed by atoms with Crippen LogP contribution in [-0.4, -0.2) is 21.4 Å². The second kappa shape index (κ2) is 6.08. The lowest BCUT2D eigenvalue weighted by Gasteiger charge is -2.09. The molecule has 2 aliphatic rings. The SMILES string of the molecule is c1cc2c(cc1CNCc1nnc3n1CCCCC3)CCO2. The van der Waals surface area contributed by atoms with E-state index in [0.717, 1.165) is 56.5 Å². The van der Waals surface area contributed by atoms with Gasteiger partial charge >= 0.3 is 0 Å². The third kappa shape index (κ3) is 2.73. The molecule has 2 aliphatic heterocycles. The van der Waals surface area contributed by atoms with Crippen LogP contribution < -0.4 is 10.1 Å². The van der Waals surface area contributed by atoms with Crippen molar-refractivity contribution in [2.45, 2.75) is 51.7 Å². The average molecular weight is 298 g/mol. The maximum Gasteiger partial charge on any atom is 0.147 e. The molecule has 1 N–H and O–H groups in total. The number of fused-ring (bicyclic) bond motifs is 2. The predicted molar refractivity (Wildman–Crippen MR) is 83.8 cm³/mol. The van der Waals surface area contributed by atoms with Gasteiger partial charge < -0.3 is 14.6 Å². The quantitative estimate of drug-likeness (QED) is 0.940. The number of hydrogen-bond acceptors (Lipinski definition) is 4. The molecular weight excluding hydrogens is 276 g/mol. The summed E-state index contributed by atoms with van der Waals surface area (Å²) in [7, 11) is 0. The highest BCUT2D eigenvalue weighted by Gasteiger charge is 2.15. The normalized spacial score (nSPS) is 16.7. The van der Waals surface area contributed by atoms with Crippen molar-refractivity contribution in [3.05, 3.63) is 41.0 Å². The van der Waals surface area contributed by atoms with Crippen molar-refractivity contribution < 1.29 is 4.74 Å². The Balaban J connectivity index is 1.38. The Labute approximate surface area is 130 Å². The minimum Gasteiger partial charge on any atom is -0.493 e. The van der Waals surface area contributed by atoms with Crippen LogP contribution in [-0.2, 0) is 32.5 Å². The van der Waals surface area contributed by atoms with Crippen molar-refractivity contribution in [1.82, 2.24) is 20.1 Å². The average Bonchev–Trinajstić information content (AvgIpc) is 3.08. The highest BCUT2D eigenvalue weighted by Crippen LogP contribution is 2.25. The molecule has 3 heterocycles. The summed E-state index contributed by atoms with van der Waals surface area (Å²) >= 11 is 0. The van der Waals surface area contributed by atoms with Gasteiger partial charge in [-0.15, -0.1) is 10.2 Å². The lowest BCUT2D eigenvalue weighted by Crippen LogP contribution is -2.17. The smallest absolute Gasteiger partial charge is 0.147 e. The van der Waals surface area contributed by atoms with E-state index in [1.807, 2.05) is 0 Å². The molecule has 0 aliphatic carbocycles. The standard InChI is InChI=1S/C17H22N4O/c1-2-4-16-19-20-17(21(16)8-3-1)12-18-11-13-5-6-15-14(10-13)7-9-22-15/h5-6,10,18H,1-4,7-9,11-12H2. The number of ether oxygens (including phenoxy) is 1. The second-order valence-electron chi connectivity index (χ2n) is 6.14. The van der Waals surface area contributed by atoms with Gasteiger partial charge in [0.1, 0.15) is 17.4 Å². The lowest BCUT2D eigenvalue weighted by molar-refractivity contribution is 0.357. The summed E-state index contributed by atoms with van der Waals surface area (Å²) in [5, 5.41) is 12.2. The van der Waals surface area contributed by atoms with Gasteiger partial charge in [0.2, 0.25) is 0 Å². The fourth-order valence-electron chi connectivity index (χ4n) is 3.34. The zero-order chi connectivity index (χ0) is 14.8. The zero-order valence-electron chi connectivity index (χ0n) is 12.8. The number of benzene rings is 1. The number of nitrogens with zero attached hydrogens (tertiary/aromatic N) is 3. The first-order valence-corrected chi connectivity index (χ1v) is 8.26. The largest absolute Gasteiger partial charge is 0.493 e. The zero-order valence-corrected chi connectivity index (χ0v) is 12.8. The van der Waals surface area contributed by atoms with E-state index in [0.29, 0.717) is 0 Å². The number of hydrogen-bond donors (Lipinski definition) is 1. The third-order valence-corrected chi connectivity index (χ3v) is 4.55. The second-order valence-corrected chi connectivity index (χ2v) is 6.14. The van der Waals surface area contributed by atoms with E-state index in [-0.39, 0.29) is 0 Å². The Bertz CT molecular complexity index is 665. The number of aromatic nitrogens is 3. The van der Waals surface area contributed by atoms with E-state index in [1.165, 1.54) is 30.4 Å². The fraction of sp³-hybridized carbons (Fsp3) is 0.529. The Morgan fingerprint density at radius 3 is 3.09 bits per heavy atom. The van der Waals surface area contributed by atoms with Gasteiger partial charge in [0.25, 0.3) is 0 Å². The molecule has 116 valence electrons. The Kier molecular flexibility index (Phi) is 3.81.